The summed E-state index contributed by atoms with van der Waals surface area (Å²) in [5.74, 6) is 6.25. The van der Waals surface area contributed by atoms with Crippen LogP contribution in [-0.4, -0.2) is 86.8 Å². The van der Waals surface area contributed by atoms with Gasteiger partial charge in [-0.2, -0.15) is 0 Å². The lowest BCUT2D eigenvalue weighted by Crippen LogP contribution is -2.35. The summed E-state index contributed by atoms with van der Waals surface area (Å²) in [5.41, 5.74) is 6.22. The van der Waals surface area contributed by atoms with Crippen LogP contribution in [0.15, 0.2) is 42.5 Å². The Balaban J connectivity index is 1.58. The molecule has 2 unspecified atom stereocenters. The van der Waals surface area contributed by atoms with E-state index in [0.717, 1.165) is 52.9 Å². The van der Waals surface area contributed by atoms with Crippen molar-refractivity contribution in [3.8, 4) is 63.2 Å². The highest BCUT2D eigenvalue weighted by Crippen LogP contribution is 2.58. The van der Waals surface area contributed by atoms with Gasteiger partial charge >= 0.3 is 0 Å². The first-order valence-corrected chi connectivity index (χ1v) is 17.5. The molecule has 4 aromatic carbocycles. The SMILES string of the molecule is COc1ccc2cc1Oc1cc(ccc1OC)CC1c3c(c(OC)c(OC)c(OC)c3Oc3c(OC)c(OC)cc4c3C(C2)N(C)CC4)CCN1C. The smallest absolute Gasteiger partial charge is 0.208 e. The Labute approximate surface area is 305 Å². The highest BCUT2D eigenvalue weighted by Gasteiger charge is 2.39. The second-order valence-corrected chi connectivity index (χ2v) is 13.4. The number of benzene rings is 4. The highest BCUT2D eigenvalue weighted by molar-refractivity contribution is 5.71. The fourth-order valence-electron chi connectivity index (χ4n) is 8.09. The molecule has 7 rings (SSSR count). The predicted molar refractivity (Wildman–Crippen MR) is 197 cm³/mol. The molecule has 11 heteroatoms. The topological polar surface area (TPSA) is 89.6 Å². The van der Waals surface area contributed by atoms with E-state index in [2.05, 4.69) is 48.2 Å². The molecule has 4 aromatic rings. The third-order valence-corrected chi connectivity index (χ3v) is 10.7. The van der Waals surface area contributed by atoms with Crippen molar-refractivity contribution in [1.29, 1.82) is 0 Å². The van der Waals surface area contributed by atoms with Gasteiger partial charge in [0.05, 0.1) is 49.8 Å². The van der Waals surface area contributed by atoms with E-state index in [4.69, 9.17) is 42.6 Å². The van der Waals surface area contributed by atoms with E-state index in [-0.39, 0.29) is 12.1 Å². The lowest BCUT2D eigenvalue weighted by atomic mass is 9.86. The van der Waals surface area contributed by atoms with E-state index in [1.807, 2.05) is 18.2 Å². The summed E-state index contributed by atoms with van der Waals surface area (Å²) in [5, 5.41) is 0. The second-order valence-electron chi connectivity index (χ2n) is 13.4. The molecule has 0 radical (unpaired) electrons. The molecule has 0 fully saturated rings. The number of methoxy groups -OCH3 is 7. The summed E-state index contributed by atoms with van der Waals surface area (Å²) in [6, 6.07) is 14.0. The second kappa shape index (κ2) is 14.6. The molecule has 0 N–H and O–H groups in total. The third kappa shape index (κ3) is 5.95. The molecule has 3 heterocycles. The molecule has 3 aliphatic rings. The number of rotatable bonds is 7. The van der Waals surface area contributed by atoms with E-state index in [1.54, 1.807) is 49.8 Å². The van der Waals surface area contributed by atoms with Crippen molar-refractivity contribution in [2.75, 3.05) is 77.0 Å². The van der Waals surface area contributed by atoms with Crippen molar-refractivity contribution in [3.63, 3.8) is 0 Å². The maximum atomic E-state index is 7.36. The average Bonchev–Trinajstić information content (AvgIpc) is 3.16. The Hall–Kier alpha value is -5.00. The van der Waals surface area contributed by atoms with Gasteiger partial charge in [0.1, 0.15) is 0 Å². The van der Waals surface area contributed by atoms with Gasteiger partial charge in [0, 0.05) is 41.9 Å². The quantitative estimate of drug-likeness (QED) is 0.195. The normalized spacial score (nSPS) is 18.2. The zero-order valence-corrected chi connectivity index (χ0v) is 31.5. The zero-order valence-electron chi connectivity index (χ0n) is 31.5. The molecule has 0 spiro atoms. The molecule has 0 aliphatic carbocycles. The van der Waals surface area contributed by atoms with Crippen LogP contribution in [0.4, 0.5) is 0 Å². The maximum Gasteiger partial charge on any atom is 0.208 e. The van der Waals surface area contributed by atoms with Gasteiger partial charge < -0.3 is 42.6 Å². The van der Waals surface area contributed by atoms with Gasteiger partial charge in [0.15, 0.2) is 46.0 Å². The van der Waals surface area contributed by atoms with E-state index in [1.165, 1.54) is 0 Å². The number of ether oxygens (including phenoxy) is 9. The van der Waals surface area contributed by atoms with Gasteiger partial charge in [0.25, 0.3) is 0 Å². The first-order valence-electron chi connectivity index (χ1n) is 17.5. The van der Waals surface area contributed by atoms with Crippen molar-refractivity contribution in [3.05, 3.63) is 75.8 Å². The molecule has 0 aromatic heterocycles. The van der Waals surface area contributed by atoms with Crippen LogP contribution in [0.5, 0.6) is 63.2 Å². The largest absolute Gasteiger partial charge is 0.493 e. The molecule has 276 valence electrons. The molecule has 4 bridgehead atoms. The summed E-state index contributed by atoms with van der Waals surface area (Å²) in [4.78, 5) is 4.70. The summed E-state index contributed by atoms with van der Waals surface area (Å²) < 4.78 is 56.1. The van der Waals surface area contributed by atoms with Gasteiger partial charge in [-0.3, -0.25) is 9.80 Å². The van der Waals surface area contributed by atoms with Crippen molar-refractivity contribution in [1.82, 2.24) is 9.80 Å². The van der Waals surface area contributed by atoms with Crippen molar-refractivity contribution in [2.24, 2.45) is 0 Å². The number of likely N-dealkylation sites (N-methyl/N-ethyl adjacent to an activating group) is 2. The minimum atomic E-state index is -0.148. The molecule has 52 heavy (non-hydrogen) atoms. The Morgan fingerprint density at radius 1 is 0.519 bits per heavy atom. The predicted octanol–water partition coefficient (Wildman–Crippen LogP) is 7.19. The van der Waals surface area contributed by atoms with E-state index in [9.17, 15) is 0 Å². The monoisotopic (exact) mass is 712 g/mol. The maximum absolute atomic E-state index is 7.36. The summed E-state index contributed by atoms with van der Waals surface area (Å²) in [6.07, 6.45) is 2.79. The summed E-state index contributed by atoms with van der Waals surface area (Å²) >= 11 is 0. The number of hydrogen-bond donors (Lipinski definition) is 0. The molecule has 0 amide bonds. The lowest BCUT2D eigenvalue weighted by molar-refractivity contribution is 0.210. The van der Waals surface area contributed by atoms with E-state index in [0.29, 0.717) is 82.5 Å². The van der Waals surface area contributed by atoms with Gasteiger partial charge in [-0.05, 0) is 86.8 Å². The Morgan fingerprint density at radius 2 is 1.04 bits per heavy atom. The molecule has 3 aliphatic heterocycles. The number of nitrogens with zero attached hydrogens (tertiary/aromatic N) is 2. The van der Waals surface area contributed by atoms with Crippen molar-refractivity contribution in [2.45, 2.75) is 37.8 Å². The van der Waals surface area contributed by atoms with Gasteiger partial charge in [-0.1, -0.05) is 12.1 Å². The van der Waals surface area contributed by atoms with Gasteiger partial charge in [0.2, 0.25) is 17.2 Å². The van der Waals surface area contributed by atoms with Crippen LogP contribution in [0.3, 0.4) is 0 Å². The minimum Gasteiger partial charge on any atom is -0.493 e. The Bertz CT molecular complexity index is 1980. The fraction of sp³-hybridized carbons (Fsp3) is 0.415. The first kappa shape index (κ1) is 35.4. The van der Waals surface area contributed by atoms with Crippen molar-refractivity contribution < 1.29 is 42.6 Å². The summed E-state index contributed by atoms with van der Waals surface area (Å²) in [6.45, 7) is 1.63. The van der Waals surface area contributed by atoms with Crippen LogP contribution in [0.25, 0.3) is 0 Å². The van der Waals surface area contributed by atoms with Crippen LogP contribution in [-0.2, 0) is 25.7 Å². The van der Waals surface area contributed by atoms with Gasteiger partial charge in [-0.25, -0.2) is 0 Å². The average molecular weight is 713 g/mol. The molecule has 2 atom stereocenters. The molecular weight excluding hydrogens is 664 g/mol. The Kier molecular flexibility index (Phi) is 9.91. The molecule has 11 nitrogen and oxygen atoms in total. The van der Waals surface area contributed by atoms with E-state index < -0.39 is 0 Å². The van der Waals surface area contributed by atoms with Crippen LogP contribution < -0.4 is 42.6 Å². The van der Waals surface area contributed by atoms with Crippen LogP contribution >= 0.6 is 0 Å². The fourth-order valence-corrected chi connectivity index (χ4v) is 8.09. The van der Waals surface area contributed by atoms with Crippen LogP contribution in [0.1, 0.15) is 45.5 Å². The minimum absolute atomic E-state index is 0.0917. The molecular formula is C41H48N2O9. The number of hydrogen-bond acceptors (Lipinski definition) is 11. The first-order chi connectivity index (χ1) is 25.3. The van der Waals surface area contributed by atoms with Gasteiger partial charge in [-0.15, -0.1) is 0 Å². The van der Waals surface area contributed by atoms with Crippen LogP contribution in [0, 0.1) is 0 Å². The van der Waals surface area contributed by atoms with Crippen molar-refractivity contribution >= 4 is 0 Å². The standard InChI is InChI=1S/C41H48N2O9/c1-42-16-14-25-22-33(46-5)37(48-7)38-34(25)27(42)18-23-10-12-29(44-3)31(20-23)51-32-21-24(11-13-30(32)45-4)19-28-35-26(15-17-43(28)2)36(47-6)40(49-8)41(50-9)39(35)52-38/h10-13,20-22,27-28H,14-19H2,1-9H3. The highest BCUT2D eigenvalue weighted by atomic mass is 16.6. The summed E-state index contributed by atoms with van der Waals surface area (Å²) in [7, 11) is 15.8. The van der Waals surface area contributed by atoms with Crippen LogP contribution in [0.2, 0.25) is 0 Å². The molecule has 0 saturated heterocycles. The molecule has 0 saturated carbocycles. The lowest BCUT2D eigenvalue weighted by Gasteiger charge is -2.39. The van der Waals surface area contributed by atoms with E-state index >= 15 is 0 Å². The third-order valence-electron chi connectivity index (χ3n) is 10.7. The zero-order chi connectivity index (χ0) is 36.7. The Morgan fingerprint density at radius 3 is 1.58 bits per heavy atom. The number of fused-ring (bicyclic) bond motifs is 4.